The molecule has 0 bridgehead atoms. The van der Waals surface area contributed by atoms with Crippen molar-refractivity contribution in [1.82, 2.24) is 0 Å². The van der Waals surface area contributed by atoms with Gasteiger partial charge in [-0.3, -0.25) is 0 Å². The number of hydrogen-bond acceptors (Lipinski definition) is 2. The average Bonchev–Trinajstić information content (AvgIpc) is 2.45. The summed E-state index contributed by atoms with van der Waals surface area (Å²) in [5, 5.41) is 18.4. The van der Waals surface area contributed by atoms with Gasteiger partial charge >= 0.3 is 11.9 Å². The van der Waals surface area contributed by atoms with Crippen molar-refractivity contribution in [2.75, 3.05) is 0 Å². The third-order valence-corrected chi connectivity index (χ3v) is 4.21. The van der Waals surface area contributed by atoms with E-state index in [-0.39, 0.29) is 0 Å². The second kappa shape index (κ2) is 6.24. The Morgan fingerprint density at radius 1 is 0.696 bits per heavy atom. The van der Waals surface area contributed by atoms with Crippen LogP contribution in [0, 0.1) is 27.7 Å². The second-order valence-electron chi connectivity index (χ2n) is 5.97. The molecule has 0 saturated carbocycles. The lowest BCUT2D eigenvalue weighted by molar-refractivity contribution is 0.0685. The van der Waals surface area contributed by atoms with E-state index in [1.165, 1.54) is 0 Å². The maximum absolute atomic E-state index is 11.2. The highest BCUT2D eigenvalue weighted by atomic mass is 16.4. The molecule has 0 amide bonds. The minimum atomic E-state index is -0.921. The first kappa shape index (κ1) is 16.7. The summed E-state index contributed by atoms with van der Waals surface area (Å²) in [6.45, 7) is 7.38. The van der Waals surface area contributed by atoms with Crippen molar-refractivity contribution in [3.63, 3.8) is 0 Å². The highest BCUT2D eigenvalue weighted by Crippen LogP contribution is 2.23. The van der Waals surface area contributed by atoms with Crippen molar-refractivity contribution < 1.29 is 19.8 Å². The van der Waals surface area contributed by atoms with Gasteiger partial charge in [0.25, 0.3) is 0 Å². The van der Waals surface area contributed by atoms with Gasteiger partial charge in [-0.1, -0.05) is 12.1 Å². The third kappa shape index (κ3) is 3.42. The van der Waals surface area contributed by atoms with Gasteiger partial charge in [0.1, 0.15) is 0 Å². The van der Waals surface area contributed by atoms with Crippen molar-refractivity contribution in [3.05, 3.63) is 68.8 Å². The lowest BCUT2D eigenvalue weighted by Crippen LogP contribution is -2.05. The molecule has 4 nitrogen and oxygen atoms in total. The number of rotatable bonds is 4. The zero-order valence-electron chi connectivity index (χ0n) is 13.7. The highest BCUT2D eigenvalue weighted by molar-refractivity contribution is 5.90. The predicted octanol–water partition coefficient (Wildman–Crippen LogP) is 3.91. The average molecular weight is 312 g/mol. The molecule has 0 atom stereocenters. The molecular weight excluding hydrogens is 292 g/mol. The van der Waals surface area contributed by atoms with E-state index in [1.54, 1.807) is 26.0 Å². The van der Waals surface area contributed by atoms with Gasteiger partial charge in [-0.2, -0.15) is 0 Å². The normalized spacial score (nSPS) is 10.6. The minimum Gasteiger partial charge on any atom is -0.478 e. The molecule has 0 aliphatic heterocycles. The van der Waals surface area contributed by atoms with Crippen LogP contribution < -0.4 is 0 Å². The minimum absolute atomic E-state index is 0.320. The van der Waals surface area contributed by atoms with Crippen LogP contribution >= 0.6 is 0 Å². The van der Waals surface area contributed by atoms with E-state index in [0.717, 1.165) is 33.4 Å². The van der Waals surface area contributed by atoms with E-state index in [2.05, 4.69) is 0 Å². The van der Waals surface area contributed by atoms with Crippen molar-refractivity contribution in [2.24, 2.45) is 0 Å². The molecule has 2 aromatic rings. The molecule has 0 spiro atoms. The van der Waals surface area contributed by atoms with Crippen LogP contribution in [0.4, 0.5) is 0 Å². The van der Waals surface area contributed by atoms with Gasteiger partial charge < -0.3 is 10.2 Å². The first-order valence-electron chi connectivity index (χ1n) is 7.37. The van der Waals surface area contributed by atoms with E-state index >= 15 is 0 Å². The van der Waals surface area contributed by atoms with E-state index in [9.17, 15) is 19.8 Å². The van der Waals surface area contributed by atoms with E-state index in [1.807, 2.05) is 26.0 Å². The Labute approximate surface area is 135 Å². The van der Waals surface area contributed by atoms with E-state index in [4.69, 9.17) is 0 Å². The van der Waals surface area contributed by atoms with Crippen LogP contribution in [0.15, 0.2) is 24.3 Å². The molecule has 0 aliphatic carbocycles. The predicted molar refractivity (Wildman–Crippen MR) is 88.6 cm³/mol. The molecule has 0 heterocycles. The standard InChI is InChI=1S/C19H20O4/c1-10-7-16(18(20)21)12(3)5-14(10)9-15-6-13(4)17(19(22)23)8-11(15)2/h5-8H,9H2,1-4H3,(H,20,21)(H,22,23). The van der Waals surface area contributed by atoms with Gasteiger partial charge in [-0.05, 0) is 79.6 Å². The van der Waals surface area contributed by atoms with E-state index in [0.29, 0.717) is 17.5 Å². The fraction of sp³-hybridized carbons (Fsp3) is 0.263. The summed E-state index contributed by atoms with van der Waals surface area (Å²) in [5.41, 5.74) is 6.06. The van der Waals surface area contributed by atoms with Gasteiger partial charge in [0, 0.05) is 0 Å². The summed E-state index contributed by atoms with van der Waals surface area (Å²) in [6, 6.07) is 7.19. The number of aromatic carboxylic acids is 2. The molecular formula is C19H20O4. The smallest absolute Gasteiger partial charge is 0.335 e. The fourth-order valence-corrected chi connectivity index (χ4v) is 2.80. The zero-order valence-corrected chi connectivity index (χ0v) is 13.7. The number of aryl methyl sites for hydroxylation is 4. The van der Waals surface area contributed by atoms with Crippen LogP contribution in [0.5, 0.6) is 0 Å². The van der Waals surface area contributed by atoms with Gasteiger partial charge in [0.2, 0.25) is 0 Å². The van der Waals surface area contributed by atoms with Crippen LogP contribution in [0.1, 0.15) is 54.1 Å². The number of carbonyl (C=O) groups is 2. The SMILES string of the molecule is Cc1cc(C(=O)O)c(C)cc1Cc1cc(C)c(C(=O)O)cc1C. The van der Waals surface area contributed by atoms with Gasteiger partial charge in [0.15, 0.2) is 0 Å². The molecule has 4 heteroatoms. The lowest BCUT2D eigenvalue weighted by Gasteiger charge is -2.13. The molecule has 0 fully saturated rings. The van der Waals surface area contributed by atoms with Crippen LogP contribution in [-0.2, 0) is 6.42 Å². The Balaban J connectivity index is 2.44. The Bertz CT molecular complexity index is 736. The maximum Gasteiger partial charge on any atom is 0.335 e. The summed E-state index contributed by atoms with van der Waals surface area (Å²) in [5.74, 6) is -1.84. The molecule has 2 N–H and O–H groups in total. The number of hydrogen-bond donors (Lipinski definition) is 2. The second-order valence-corrected chi connectivity index (χ2v) is 5.97. The number of carboxylic acid groups (broad SMARTS) is 2. The largest absolute Gasteiger partial charge is 0.478 e. The van der Waals surface area contributed by atoms with Gasteiger partial charge in [-0.15, -0.1) is 0 Å². The quantitative estimate of drug-likeness (QED) is 0.897. The fourth-order valence-electron chi connectivity index (χ4n) is 2.80. The van der Waals surface area contributed by atoms with Gasteiger partial charge in [0.05, 0.1) is 11.1 Å². The van der Waals surface area contributed by atoms with Crippen LogP contribution in [0.3, 0.4) is 0 Å². The summed E-state index contributed by atoms with van der Waals surface area (Å²) in [6.07, 6.45) is 0.652. The summed E-state index contributed by atoms with van der Waals surface area (Å²) < 4.78 is 0. The zero-order chi connectivity index (χ0) is 17.3. The molecule has 0 aliphatic rings. The molecule has 23 heavy (non-hydrogen) atoms. The Morgan fingerprint density at radius 2 is 1.04 bits per heavy atom. The number of benzene rings is 2. The molecule has 2 aromatic carbocycles. The van der Waals surface area contributed by atoms with Gasteiger partial charge in [-0.25, -0.2) is 9.59 Å². The first-order valence-corrected chi connectivity index (χ1v) is 7.37. The monoisotopic (exact) mass is 312 g/mol. The Morgan fingerprint density at radius 3 is 1.35 bits per heavy atom. The molecule has 0 aromatic heterocycles. The molecule has 120 valence electrons. The third-order valence-electron chi connectivity index (χ3n) is 4.21. The summed E-state index contributed by atoms with van der Waals surface area (Å²) in [4.78, 5) is 22.4. The lowest BCUT2D eigenvalue weighted by atomic mass is 9.91. The number of carboxylic acids is 2. The van der Waals surface area contributed by atoms with Crippen LogP contribution in [-0.4, -0.2) is 22.2 Å². The Kier molecular flexibility index (Phi) is 4.55. The van der Waals surface area contributed by atoms with E-state index < -0.39 is 11.9 Å². The first-order chi connectivity index (χ1) is 10.7. The molecule has 0 radical (unpaired) electrons. The molecule has 2 rings (SSSR count). The van der Waals surface area contributed by atoms with Crippen molar-refractivity contribution in [1.29, 1.82) is 0 Å². The molecule has 0 saturated heterocycles. The highest BCUT2D eigenvalue weighted by Gasteiger charge is 2.14. The van der Waals surface area contributed by atoms with Crippen molar-refractivity contribution in [3.8, 4) is 0 Å². The van der Waals surface area contributed by atoms with Crippen LogP contribution in [0.25, 0.3) is 0 Å². The van der Waals surface area contributed by atoms with Crippen LogP contribution in [0.2, 0.25) is 0 Å². The topological polar surface area (TPSA) is 74.6 Å². The summed E-state index contributed by atoms with van der Waals surface area (Å²) in [7, 11) is 0. The maximum atomic E-state index is 11.2. The summed E-state index contributed by atoms with van der Waals surface area (Å²) >= 11 is 0. The molecule has 0 unspecified atom stereocenters. The Hall–Kier alpha value is -2.62. The van der Waals surface area contributed by atoms with Crippen molar-refractivity contribution >= 4 is 11.9 Å². The van der Waals surface area contributed by atoms with Crippen molar-refractivity contribution in [2.45, 2.75) is 34.1 Å².